The fourth-order valence-electron chi connectivity index (χ4n) is 3.61. The molecule has 2 atom stereocenters. The quantitative estimate of drug-likeness (QED) is 0.611. The van der Waals surface area contributed by atoms with E-state index in [2.05, 4.69) is 27.0 Å². The second kappa shape index (κ2) is 7.05. The average molecular weight is 405 g/mol. The number of hydrogen-bond acceptors (Lipinski definition) is 5. The third kappa shape index (κ3) is 3.37. The summed E-state index contributed by atoms with van der Waals surface area (Å²) in [5.74, 6) is 0.941. The predicted octanol–water partition coefficient (Wildman–Crippen LogP) is 3.40. The highest BCUT2D eigenvalue weighted by molar-refractivity contribution is 6.35. The Bertz CT molecular complexity index is 1020. The van der Waals surface area contributed by atoms with E-state index in [0.29, 0.717) is 35.4 Å². The maximum atomic E-state index is 13.0. The number of pyridine rings is 1. The van der Waals surface area contributed by atoms with Gasteiger partial charge in [-0.2, -0.15) is 10.1 Å². The fourth-order valence-corrected chi connectivity index (χ4v) is 3.95. The summed E-state index contributed by atoms with van der Waals surface area (Å²) in [6.07, 6.45) is 3.79. The van der Waals surface area contributed by atoms with Crippen molar-refractivity contribution in [3.63, 3.8) is 0 Å². The van der Waals surface area contributed by atoms with Gasteiger partial charge in [0.1, 0.15) is 11.5 Å². The van der Waals surface area contributed by atoms with Crippen LogP contribution in [0.2, 0.25) is 10.2 Å². The van der Waals surface area contributed by atoms with Crippen LogP contribution >= 0.6 is 23.2 Å². The second-order valence-electron chi connectivity index (χ2n) is 6.90. The van der Waals surface area contributed by atoms with Gasteiger partial charge in [-0.3, -0.25) is 4.79 Å². The van der Waals surface area contributed by atoms with Gasteiger partial charge in [0.05, 0.1) is 16.3 Å². The van der Waals surface area contributed by atoms with Crippen molar-refractivity contribution >= 4 is 34.9 Å². The largest absolute Gasteiger partial charge is 0.338 e. The molecule has 0 saturated carbocycles. The topological polar surface area (TPSA) is 76.3 Å². The highest BCUT2D eigenvalue weighted by Gasteiger charge is 2.33. The van der Waals surface area contributed by atoms with Crippen LogP contribution in [0.25, 0.3) is 5.78 Å². The van der Waals surface area contributed by atoms with Crippen molar-refractivity contribution in [3.05, 3.63) is 51.8 Å². The van der Waals surface area contributed by atoms with Crippen LogP contribution < -0.4 is 0 Å². The third-order valence-corrected chi connectivity index (χ3v) is 5.59. The summed E-state index contributed by atoms with van der Waals surface area (Å²) >= 11 is 12.1. The standard InChI is InChI=1S/C18H18Cl2N6O/c1-10-3-4-25(17(27)12-6-16(20)21-7-14(12)19)8-13(10)15-5-11(2)24-18-22-9-23-26(15)18/h5-7,9-10,13H,3-4,8H2,1-2H3/t10-,13?/m1/s1. The number of hydrogen-bond donors (Lipinski definition) is 0. The molecule has 0 bridgehead atoms. The van der Waals surface area contributed by atoms with E-state index < -0.39 is 0 Å². The summed E-state index contributed by atoms with van der Waals surface area (Å²) in [4.78, 5) is 27.4. The summed E-state index contributed by atoms with van der Waals surface area (Å²) in [5, 5.41) is 4.87. The van der Waals surface area contributed by atoms with Gasteiger partial charge in [-0.1, -0.05) is 30.1 Å². The first kappa shape index (κ1) is 18.1. The average Bonchev–Trinajstić information content (AvgIpc) is 3.11. The first-order valence-corrected chi connectivity index (χ1v) is 9.47. The molecule has 1 unspecified atom stereocenters. The number of rotatable bonds is 2. The monoisotopic (exact) mass is 404 g/mol. The molecule has 4 heterocycles. The Hall–Kier alpha value is -2.25. The number of carbonyl (C=O) groups is 1. The lowest BCUT2D eigenvalue weighted by Gasteiger charge is -2.37. The van der Waals surface area contributed by atoms with Gasteiger partial charge in [0.25, 0.3) is 11.7 Å². The molecule has 1 saturated heterocycles. The summed E-state index contributed by atoms with van der Waals surface area (Å²) < 4.78 is 1.76. The van der Waals surface area contributed by atoms with E-state index in [1.54, 1.807) is 4.52 Å². The molecule has 7 nitrogen and oxygen atoms in total. The molecular weight excluding hydrogens is 387 g/mol. The van der Waals surface area contributed by atoms with Crippen LogP contribution in [-0.4, -0.2) is 48.5 Å². The van der Waals surface area contributed by atoms with Crippen molar-refractivity contribution in [2.45, 2.75) is 26.2 Å². The van der Waals surface area contributed by atoms with E-state index in [4.69, 9.17) is 23.2 Å². The van der Waals surface area contributed by atoms with E-state index >= 15 is 0 Å². The van der Waals surface area contributed by atoms with Gasteiger partial charge in [0.15, 0.2) is 0 Å². The molecule has 0 aromatic carbocycles. The smallest absolute Gasteiger partial charge is 0.255 e. The Kier molecular flexibility index (Phi) is 4.74. The van der Waals surface area contributed by atoms with Crippen LogP contribution in [0.1, 0.15) is 41.0 Å². The lowest BCUT2D eigenvalue weighted by atomic mass is 9.84. The molecule has 0 aliphatic carbocycles. The molecular formula is C18H18Cl2N6O. The Labute approximate surface area is 166 Å². The molecule has 1 amide bonds. The third-order valence-electron chi connectivity index (χ3n) is 5.09. The van der Waals surface area contributed by atoms with E-state index in [9.17, 15) is 4.79 Å². The number of carbonyl (C=O) groups excluding carboxylic acids is 1. The lowest BCUT2D eigenvalue weighted by Crippen LogP contribution is -2.42. The van der Waals surface area contributed by atoms with E-state index in [0.717, 1.165) is 17.8 Å². The zero-order valence-corrected chi connectivity index (χ0v) is 16.4. The number of amides is 1. The molecule has 3 aromatic rings. The van der Waals surface area contributed by atoms with Crippen molar-refractivity contribution in [2.24, 2.45) is 5.92 Å². The first-order valence-electron chi connectivity index (χ1n) is 8.71. The lowest BCUT2D eigenvalue weighted by molar-refractivity contribution is 0.0666. The summed E-state index contributed by atoms with van der Waals surface area (Å²) in [5.41, 5.74) is 2.27. The van der Waals surface area contributed by atoms with Crippen LogP contribution in [0, 0.1) is 12.8 Å². The summed E-state index contributed by atoms with van der Waals surface area (Å²) in [6.45, 7) is 5.36. The van der Waals surface area contributed by atoms with Gasteiger partial charge < -0.3 is 4.90 Å². The highest BCUT2D eigenvalue weighted by Crippen LogP contribution is 2.33. The zero-order valence-electron chi connectivity index (χ0n) is 14.9. The van der Waals surface area contributed by atoms with Crippen molar-refractivity contribution in [3.8, 4) is 0 Å². The zero-order chi connectivity index (χ0) is 19.1. The van der Waals surface area contributed by atoms with Crippen LogP contribution in [0.4, 0.5) is 0 Å². The van der Waals surface area contributed by atoms with Crippen LogP contribution in [0.15, 0.2) is 24.7 Å². The maximum Gasteiger partial charge on any atom is 0.255 e. The Balaban J connectivity index is 1.68. The van der Waals surface area contributed by atoms with Crippen molar-refractivity contribution in [1.29, 1.82) is 0 Å². The second-order valence-corrected chi connectivity index (χ2v) is 7.70. The Morgan fingerprint density at radius 3 is 2.89 bits per heavy atom. The number of aromatic nitrogens is 5. The molecule has 4 rings (SSSR count). The number of fused-ring (bicyclic) bond motifs is 1. The molecule has 27 heavy (non-hydrogen) atoms. The fraction of sp³-hybridized carbons (Fsp3) is 0.389. The van der Waals surface area contributed by atoms with Crippen molar-refractivity contribution in [2.75, 3.05) is 13.1 Å². The van der Waals surface area contributed by atoms with Crippen LogP contribution in [0.3, 0.4) is 0 Å². The number of halogens is 2. The molecule has 1 fully saturated rings. The SMILES string of the molecule is Cc1cc(C2CN(C(=O)c3cc(Cl)ncc3Cl)CC[C@H]2C)n2ncnc2n1. The maximum absolute atomic E-state index is 13.0. The van der Waals surface area contributed by atoms with Gasteiger partial charge in [-0.25, -0.2) is 14.5 Å². The molecule has 0 N–H and O–H groups in total. The number of likely N-dealkylation sites (tertiary alicyclic amines) is 1. The Morgan fingerprint density at radius 2 is 2.07 bits per heavy atom. The molecule has 1 aliphatic heterocycles. The minimum Gasteiger partial charge on any atom is -0.338 e. The van der Waals surface area contributed by atoms with Gasteiger partial charge in [0, 0.05) is 30.9 Å². The van der Waals surface area contributed by atoms with Crippen molar-refractivity contribution in [1.82, 2.24) is 29.5 Å². The molecule has 140 valence electrons. The van der Waals surface area contributed by atoms with Crippen molar-refractivity contribution < 1.29 is 4.79 Å². The molecule has 1 aliphatic rings. The summed E-state index contributed by atoms with van der Waals surface area (Å²) in [6, 6.07) is 3.54. The number of aryl methyl sites for hydroxylation is 1. The van der Waals surface area contributed by atoms with Gasteiger partial charge in [-0.05, 0) is 31.4 Å². The first-order chi connectivity index (χ1) is 12.9. The molecule has 9 heteroatoms. The minimum atomic E-state index is -0.137. The minimum absolute atomic E-state index is 0.115. The summed E-state index contributed by atoms with van der Waals surface area (Å²) in [7, 11) is 0. The van der Waals surface area contributed by atoms with Gasteiger partial charge in [0.2, 0.25) is 0 Å². The van der Waals surface area contributed by atoms with Crippen LogP contribution in [0.5, 0.6) is 0 Å². The normalized spacial score (nSPS) is 20.2. The molecule has 0 spiro atoms. The van der Waals surface area contributed by atoms with E-state index in [1.165, 1.54) is 18.6 Å². The van der Waals surface area contributed by atoms with Gasteiger partial charge in [-0.15, -0.1) is 0 Å². The van der Waals surface area contributed by atoms with Crippen LogP contribution in [-0.2, 0) is 0 Å². The molecule has 3 aromatic heterocycles. The molecule has 0 radical (unpaired) electrons. The number of piperidine rings is 1. The predicted molar refractivity (Wildman–Crippen MR) is 102 cm³/mol. The Morgan fingerprint density at radius 1 is 1.26 bits per heavy atom. The van der Waals surface area contributed by atoms with E-state index in [1.807, 2.05) is 17.9 Å². The van der Waals surface area contributed by atoms with E-state index in [-0.39, 0.29) is 17.0 Å². The van der Waals surface area contributed by atoms with Gasteiger partial charge >= 0.3 is 0 Å². The number of nitrogens with zero attached hydrogens (tertiary/aromatic N) is 6. The highest BCUT2D eigenvalue weighted by atomic mass is 35.5.